The molecule has 1 aromatic rings. The number of benzene rings is 1. The van der Waals surface area contributed by atoms with Gasteiger partial charge >= 0.3 is 5.97 Å². The highest BCUT2D eigenvalue weighted by Gasteiger charge is 2.26. The second-order valence-corrected chi connectivity index (χ2v) is 5.12. The number of aliphatic carboxylic acids is 1. The average Bonchev–Trinajstić information content (AvgIpc) is 2.46. The third-order valence-corrected chi connectivity index (χ3v) is 3.54. The second kappa shape index (κ2) is 8.29. The quantitative estimate of drug-likeness (QED) is 0.722. The number of hydrogen-bond acceptors (Lipinski definition) is 3. The number of carbonyl (C=O) groups is 2. The van der Waals surface area contributed by atoms with Gasteiger partial charge in [-0.2, -0.15) is 0 Å². The Morgan fingerprint density at radius 2 is 1.95 bits per heavy atom. The Kier molecular flexibility index (Phi) is 6.72. The molecule has 5 heteroatoms. The standard InChI is InChI=1S/C16H24N2O3/c1-3-5-8-12(4-2)16(21)18(11-15(19)20)14-10-7-6-9-13(14)17/h6-7,9-10,12H,3-5,8,11,17H2,1-2H3,(H,19,20). The van der Waals surface area contributed by atoms with Crippen molar-refractivity contribution in [3.63, 3.8) is 0 Å². The van der Waals surface area contributed by atoms with Crippen LogP contribution < -0.4 is 10.6 Å². The summed E-state index contributed by atoms with van der Waals surface area (Å²) >= 11 is 0. The number of rotatable bonds is 8. The van der Waals surface area contributed by atoms with Gasteiger partial charge in [-0.15, -0.1) is 0 Å². The molecule has 0 aliphatic heterocycles. The van der Waals surface area contributed by atoms with E-state index >= 15 is 0 Å². The summed E-state index contributed by atoms with van der Waals surface area (Å²) in [6.07, 6.45) is 3.43. The van der Waals surface area contributed by atoms with Crippen molar-refractivity contribution in [2.45, 2.75) is 39.5 Å². The fourth-order valence-corrected chi connectivity index (χ4v) is 2.32. The zero-order valence-corrected chi connectivity index (χ0v) is 12.7. The summed E-state index contributed by atoms with van der Waals surface area (Å²) in [4.78, 5) is 25.1. The van der Waals surface area contributed by atoms with E-state index in [-0.39, 0.29) is 18.4 Å². The van der Waals surface area contributed by atoms with Crippen LogP contribution in [-0.2, 0) is 9.59 Å². The first-order chi connectivity index (χ1) is 10.0. The molecule has 0 aliphatic rings. The highest BCUT2D eigenvalue weighted by Crippen LogP contribution is 2.26. The van der Waals surface area contributed by atoms with E-state index in [9.17, 15) is 9.59 Å². The van der Waals surface area contributed by atoms with Gasteiger partial charge in [0.1, 0.15) is 6.54 Å². The van der Waals surface area contributed by atoms with Crippen LogP contribution in [0.5, 0.6) is 0 Å². The van der Waals surface area contributed by atoms with Gasteiger partial charge < -0.3 is 10.8 Å². The summed E-state index contributed by atoms with van der Waals surface area (Å²) < 4.78 is 0. The molecule has 1 amide bonds. The van der Waals surface area contributed by atoms with Crippen LogP contribution >= 0.6 is 0 Å². The minimum absolute atomic E-state index is 0.161. The van der Waals surface area contributed by atoms with Crippen molar-refractivity contribution in [2.24, 2.45) is 5.92 Å². The lowest BCUT2D eigenvalue weighted by Gasteiger charge is -2.26. The largest absolute Gasteiger partial charge is 0.480 e. The number of carboxylic acids is 1. The van der Waals surface area contributed by atoms with E-state index in [0.29, 0.717) is 17.8 Å². The number of amides is 1. The molecule has 0 spiro atoms. The fraction of sp³-hybridized carbons (Fsp3) is 0.500. The first-order valence-electron chi connectivity index (χ1n) is 7.38. The van der Waals surface area contributed by atoms with Crippen LogP contribution in [0.15, 0.2) is 24.3 Å². The van der Waals surface area contributed by atoms with Crippen LogP contribution in [-0.4, -0.2) is 23.5 Å². The summed E-state index contributed by atoms with van der Waals surface area (Å²) in [7, 11) is 0. The molecule has 0 aliphatic carbocycles. The molecule has 0 saturated carbocycles. The maximum atomic E-state index is 12.7. The Hall–Kier alpha value is -2.04. The Bertz CT molecular complexity index is 488. The third-order valence-electron chi connectivity index (χ3n) is 3.54. The predicted molar refractivity (Wildman–Crippen MR) is 84.1 cm³/mol. The monoisotopic (exact) mass is 292 g/mol. The summed E-state index contributed by atoms with van der Waals surface area (Å²) in [5, 5.41) is 9.08. The molecule has 0 aromatic heterocycles. The van der Waals surface area contributed by atoms with E-state index in [1.54, 1.807) is 24.3 Å². The van der Waals surface area contributed by atoms with E-state index in [1.807, 2.05) is 6.92 Å². The molecule has 0 saturated heterocycles. The van der Waals surface area contributed by atoms with Crippen molar-refractivity contribution in [2.75, 3.05) is 17.2 Å². The minimum atomic E-state index is -1.04. The molecule has 21 heavy (non-hydrogen) atoms. The maximum absolute atomic E-state index is 12.7. The molecule has 1 atom stereocenters. The van der Waals surface area contributed by atoms with Gasteiger partial charge in [-0.05, 0) is 25.0 Å². The van der Waals surface area contributed by atoms with Crippen molar-refractivity contribution in [3.8, 4) is 0 Å². The number of nitrogens with zero attached hydrogens (tertiary/aromatic N) is 1. The average molecular weight is 292 g/mol. The number of hydrogen-bond donors (Lipinski definition) is 2. The summed E-state index contributed by atoms with van der Waals surface area (Å²) in [6, 6.07) is 6.87. The minimum Gasteiger partial charge on any atom is -0.480 e. The van der Waals surface area contributed by atoms with Crippen molar-refractivity contribution in [1.29, 1.82) is 0 Å². The maximum Gasteiger partial charge on any atom is 0.323 e. The van der Waals surface area contributed by atoms with Crippen molar-refractivity contribution >= 4 is 23.3 Å². The van der Waals surface area contributed by atoms with Gasteiger partial charge in [-0.1, -0.05) is 38.8 Å². The topological polar surface area (TPSA) is 83.6 Å². The Labute approximate surface area is 125 Å². The molecule has 116 valence electrons. The van der Waals surface area contributed by atoms with Crippen molar-refractivity contribution in [3.05, 3.63) is 24.3 Å². The molecule has 0 radical (unpaired) electrons. The van der Waals surface area contributed by atoms with E-state index in [1.165, 1.54) is 4.90 Å². The van der Waals surface area contributed by atoms with Gasteiger partial charge in [0.25, 0.3) is 0 Å². The van der Waals surface area contributed by atoms with Crippen LogP contribution in [0.3, 0.4) is 0 Å². The molecule has 1 rings (SSSR count). The van der Waals surface area contributed by atoms with Gasteiger partial charge in [-0.3, -0.25) is 14.5 Å². The van der Waals surface area contributed by atoms with Gasteiger partial charge in [0.15, 0.2) is 0 Å². The molecule has 0 heterocycles. The second-order valence-electron chi connectivity index (χ2n) is 5.12. The molecule has 0 fully saturated rings. The van der Waals surface area contributed by atoms with Crippen LogP contribution in [0.4, 0.5) is 11.4 Å². The van der Waals surface area contributed by atoms with Gasteiger partial charge in [0.2, 0.25) is 5.91 Å². The smallest absolute Gasteiger partial charge is 0.323 e. The highest BCUT2D eigenvalue weighted by molar-refractivity contribution is 6.01. The normalized spacial score (nSPS) is 11.9. The SMILES string of the molecule is CCCCC(CC)C(=O)N(CC(=O)O)c1ccccc1N. The van der Waals surface area contributed by atoms with Crippen LogP contribution in [0.1, 0.15) is 39.5 Å². The molecule has 1 aromatic carbocycles. The first kappa shape index (κ1) is 17.0. The third kappa shape index (κ3) is 4.77. The summed E-state index contributed by atoms with van der Waals surface area (Å²) in [6.45, 7) is 3.66. The molecule has 0 bridgehead atoms. The van der Waals surface area contributed by atoms with Crippen LogP contribution in [0.25, 0.3) is 0 Å². The number of unbranched alkanes of at least 4 members (excludes halogenated alkanes) is 1. The number of nitrogens with two attached hydrogens (primary N) is 1. The number of para-hydroxylation sites is 2. The molecule has 1 unspecified atom stereocenters. The summed E-state index contributed by atoms with van der Waals surface area (Å²) in [5.74, 6) is -1.37. The van der Waals surface area contributed by atoms with Gasteiger partial charge in [-0.25, -0.2) is 0 Å². The Balaban J connectivity index is 3.04. The van der Waals surface area contributed by atoms with Gasteiger partial charge in [0.05, 0.1) is 11.4 Å². The highest BCUT2D eigenvalue weighted by atomic mass is 16.4. The van der Waals surface area contributed by atoms with E-state index in [2.05, 4.69) is 6.92 Å². The zero-order valence-electron chi connectivity index (χ0n) is 12.7. The van der Waals surface area contributed by atoms with Gasteiger partial charge in [0, 0.05) is 5.92 Å². The number of anilines is 2. The fourth-order valence-electron chi connectivity index (χ4n) is 2.32. The van der Waals surface area contributed by atoms with E-state index in [0.717, 1.165) is 19.3 Å². The van der Waals surface area contributed by atoms with Crippen LogP contribution in [0, 0.1) is 5.92 Å². The predicted octanol–water partition coefficient (Wildman–Crippen LogP) is 2.90. The summed E-state index contributed by atoms with van der Waals surface area (Å²) in [5.41, 5.74) is 6.78. The van der Waals surface area contributed by atoms with E-state index in [4.69, 9.17) is 10.8 Å². The molecule has 3 N–H and O–H groups in total. The lowest BCUT2D eigenvalue weighted by Crippen LogP contribution is -2.40. The van der Waals surface area contributed by atoms with Crippen molar-refractivity contribution < 1.29 is 14.7 Å². The lowest BCUT2D eigenvalue weighted by atomic mass is 9.97. The Morgan fingerprint density at radius 1 is 1.29 bits per heavy atom. The molecular weight excluding hydrogens is 268 g/mol. The number of nitrogen functional groups attached to an aromatic ring is 1. The Morgan fingerprint density at radius 3 is 2.48 bits per heavy atom. The first-order valence-corrected chi connectivity index (χ1v) is 7.38. The van der Waals surface area contributed by atoms with Crippen LogP contribution in [0.2, 0.25) is 0 Å². The zero-order chi connectivity index (χ0) is 15.8. The lowest BCUT2D eigenvalue weighted by molar-refractivity contribution is -0.137. The number of carboxylic acid groups (broad SMARTS) is 1. The molecular formula is C16H24N2O3. The van der Waals surface area contributed by atoms with E-state index < -0.39 is 5.97 Å². The number of carbonyl (C=O) groups excluding carboxylic acids is 1. The van der Waals surface area contributed by atoms with Crippen molar-refractivity contribution in [1.82, 2.24) is 0 Å². The molecule has 5 nitrogen and oxygen atoms in total.